The molecule has 132 valence electrons. The largest absolute Gasteiger partial charge is 0.504 e. The van der Waals surface area contributed by atoms with E-state index in [4.69, 9.17) is 10.2 Å². The van der Waals surface area contributed by atoms with Crippen molar-refractivity contribution >= 4 is 18.2 Å². The number of aliphatic carboxylic acids is 2. The molecule has 1 unspecified atom stereocenters. The van der Waals surface area contributed by atoms with Gasteiger partial charge < -0.3 is 25.7 Å². The van der Waals surface area contributed by atoms with Gasteiger partial charge in [0.05, 0.1) is 0 Å². The molecule has 0 fully saturated rings. The van der Waals surface area contributed by atoms with Crippen molar-refractivity contribution in [3.05, 3.63) is 47.2 Å². The van der Waals surface area contributed by atoms with Gasteiger partial charge in [0, 0.05) is 19.2 Å². The Bertz CT molecular complexity index is 766. The van der Waals surface area contributed by atoms with E-state index in [-0.39, 0.29) is 23.6 Å². The topological polar surface area (TPSA) is 139 Å². The van der Waals surface area contributed by atoms with Crippen LogP contribution in [0.3, 0.4) is 0 Å². The number of nitrogens with zero attached hydrogens (tertiary/aromatic N) is 1. The van der Waals surface area contributed by atoms with Crippen molar-refractivity contribution in [2.75, 3.05) is 6.54 Å². The van der Waals surface area contributed by atoms with Crippen molar-refractivity contribution in [3.63, 3.8) is 0 Å². The van der Waals surface area contributed by atoms with Crippen LogP contribution in [0.25, 0.3) is 0 Å². The van der Waals surface area contributed by atoms with Crippen LogP contribution in [0.5, 0.6) is 11.5 Å². The maximum absolute atomic E-state index is 11.1. The molecule has 0 aliphatic carbocycles. The van der Waals surface area contributed by atoms with E-state index in [9.17, 15) is 19.8 Å². The van der Waals surface area contributed by atoms with E-state index < -0.39 is 18.0 Å². The second-order valence-corrected chi connectivity index (χ2v) is 5.47. The number of carboxylic acid groups (broad SMARTS) is 2. The van der Waals surface area contributed by atoms with Crippen molar-refractivity contribution in [2.45, 2.75) is 18.9 Å². The fourth-order valence-corrected chi connectivity index (χ4v) is 2.29. The standard InChI is InChI=1S/C17H18N2O6/c20-14-2-1-10(9-15(14)21)3-5-18-6-4-11-7-12(16(22)23)19-13(8-11)17(24)25/h1-2,4,6-7,9,13,19-21H,3,5,8H2,(H,22,23)(H,24,25)/b11-4+,18-6?. The Morgan fingerprint density at radius 3 is 2.64 bits per heavy atom. The molecule has 1 aliphatic rings. The minimum Gasteiger partial charge on any atom is -0.504 e. The molecule has 8 heteroatoms. The molecule has 0 amide bonds. The Morgan fingerprint density at radius 2 is 2.00 bits per heavy atom. The smallest absolute Gasteiger partial charge is 0.351 e. The van der Waals surface area contributed by atoms with Gasteiger partial charge in [0.1, 0.15) is 11.7 Å². The van der Waals surface area contributed by atoms with E-state index in [1.165, 1.54) is 24.4 Å². The number of phenolic OH excluding ortho intramolecular Hbond substituents is 2. The summed E-state index contributed by atoms with van der Waals surface area (Å²) in [4.78, 5) is 26.3. The average Bonchev–Trinajstić information content (AvgIpc) is 2.57. The van der Waals surface area contributed by atoms with Crippen molar-refractivity contribution in [1.82, 2.24) is 5.32 Å². The lowest BCUT2D eigenvalue weighted by molar-refractivity contribution is -0.139. The van der Waals surface area contributed by atoms with E-state index in [0.29, 0.717) is 18.5 Å². The summed E-state index contributed by atoms with van der Waals surface area (Å²) in [6, 6.07) is 3.54. The maximum Gasteiger partial charge on any atom is 0.351 e. The van der Waals surface area contributed by atoms with E-state index in [2.05, 4.69) is 10.3 Å². The van der Waals surface area contributed by atoms with E-state index in [1.54, 1.807) is 12.1 Å². The molecule has 25 heavy (non-hydrogen) atoms. The normalized spacial score (nSPS) is 18.8. The SMILES string of the molecule is O=C(O)C1=C/C(=C\C=NCCc2ccc(O)c(O)c2)CC(C(=O)O)N1. The molecule has 0 bridgehead atoms. The third-order valence-electron chi connectivity index (χ3n) is 3.59. The summed E-state index contributed by atoms with van der Waals surface area (Å²) in [6.45, 7) is 0.421. The van der Waals surface area contributed by atoms with E-state index >= 15 is 0 Å². The molecule has 0 saturated heterocycles. The fraction of sp³-hybridized carbons (Fsp3) is 0.235. The van der Waals surface area contributed by atoms with Gasteiger partial charge in [-0.1, -0.05) is 6.07 Å². The van der Waals surface area contributed by atoms with Crippen LogP contribution in [0, 0.1) is 0 Å². The number of hydrogen-bond acceptors (Lipinski definition) is 6. The Morgan fingerprint density at radius 1 is 1.24 bits per heavy atom. The number of aromatic hydroxyl groups is 2. The molecular weight excluding hydrogens is 328 g/mol. The first-order chi connectivity index (χ1) is 11.9. The van der Waals surface area contributed by atoms with Crippen LogP contribution in [0.15, 0.2) is 46.6 Å². The summed E-state index contributed by atoms with van der Waals surface area (Å²) >= 11 is 0. The van der Waals surface area contributed by atoms with Gasteiger partial charge in [-0.05, 0) is 41.8 Å². The van der Waals surface area contributed by atoms with Crippen LogP contribution in [0.2, 0.25) is 0 Å². The molecular formula is C17H18N2O6. The lowest BCUT2D eigenvalue weighted by Gasteiger charge is -2.21. The molecule has 1 aromatic carbocycles. The van der Waals surface area contributed by atoms with Gasteiger partial charge in [-0.25, -0.2) is 9.59 Å². The fourth-order valence-electron chi connectivity index (χ4n) is 2.29. The van der Waals surface area contributed by atoms with Crippen molar-refractivity contribution < 1.29 is 30.0 Å². The van der Waals surface area contributed by atoms with Crippen LogP contribution < -0.4 is 5.32 Å². The Hall–Kier alpha value is -3.29. The summed E-state index contributed by atoms with van der Waals surface area (Å²) in [5.41, 5.74) is 1.19. The molecule has 1 aromatic rings. The second kappa shape index (κ2) is 8.00. The van der Waals surface area contributed by atoms with E-state index in [0.717, 1.165) is 5.56 Å². The first-order valence-electron chi connectivity index (χ1n) is 7.51. The highest BCUT2D eigenvalue weighted by atomic mass is 16.4. The zero-order valence-corrected chi connectivity index (χ0v) is 13.2. The molecule has 5 N–H and O–H groups in total. The van der Waals surface area contributed by atoms with Gasteiger partial charge in [0.2, 0.25) is 0 Å². The summed E-state index contributed by atoms with van der Waals surface area (Å²) in [7, 11) is 0. The molecule has 1 aliphatic heterocycles. The molecule has 0 spiro atoms. The van der Waals surface area contributed by atoms with Crippen molar-refractivity contribution in [1.29, 1.82) is 0 Å². The van der Waals surface area contributed by atoms with Gasteiger partial charge in [-0.15, -0.1) is 0 Å². The first-order valence-corrected chi connectivity index (χ1v) is 7.51. The summed E-state index contributed by atoms with van der Waals surface area (Å²) in [6.07, 6.45) is 5.16. The zero-order valence-electron chi connectivity index (χ0n) is 13.2. The molecule has 0 saturated carbocycles. The summed E-state index contributed by atoms with van der Waals surface area (Å²) < 4.78 is 0. The van der Waals surface area contributed by atoms with Gasteiger partial charge in [-0.2, -0.15) is 0 Å². The Labute approximate surface area is 143 Å². The number of hydrogen-bond donors (Lipinski definition) is 5. The average molecular weight is 346 g/mol. The number of phenols is 2. The van der Waals surface area contributed by atoms with Crippen LogP contribution in [0.1, 0.15) is 12.0 Å². The van der Waals surface area contributed by atoms with Crippen LogP contribution in [-0.2, 0) is 16.0 Å². The van der Waals surface area contributed by atoms with Crippen LogP contribution >= 0.6 is 0 Å². The number of carbonyl (C=O) groups is 2. The van der Waals surface area contributed by atoms with Gasteiger partial charge in [-0.3, -0.25) is 4.99 Å². The minimum atomic E-state index is -1.22. The Balaban J connectivity index is 1.97. The molecule has 1 heterocycles. The number of benzene rings is 1. The van der Waals surface area contributed by atoms with Gasteiger partial charge >= 0.3 is 11.9 Å². The predicted octanol–water partition coefficient (Wildman–Crippen LogP) is 1.05. The van der Waals surface area contributed by atoms with Crippen LogP contribution in [0.4, 0.5) is 0 Å². The molecule has 0 radical (unpaired) electrons. The summed E-state index contributed by atoms with van der Waals surface area (Å²) in [5, 5.41) is 39.2. The quantitative estimate of drug-likeness (QED) is 0.383. The van der Waals surface area contributed by atoms with Gasteiger partial charge in [0.15, 0.2) is 11.5 Å². The molecule has 8 nitrogen and oxygen atoms in total. The summed E-state index contributed by atoms with van der Waals surface area (Å²) in [5.74, 6) is -2.72. The second-order valence-electron chi connectivity index (χ2n) is 5.47. The van der Waals surface area contributed by atoms with Crippen LogP contribution in [-0.4, -0.2) is 51.2 Å². The lowest BCUT2D eigenvalue weighted by Crippen LogP contribution is -2.41. The highest BCUT2D eigenvalue weighted by molar-refractivity contribution is 5.89. The number of allylic oxidation sites excluding steroid dienone is 2. The van der Waals surface area contributed by atoms with E-state index in [1.807, 2.05) is 0 Å². The monoisotopic (exact) mass is 346 g/mol. The lowest BCUT2D eigenvalue weighted by atomic mass is 10.00. The minimum absolute atomic E-state index is 0.157. The maximum atomic E-state index is 11.1. The van der Waals surface area contributed by atoms with Gasteiger partial charge in [0.25, 0.3) is 0 Å². The highest BCUT2D eigenvalue weighted by Gasteiger charge is 2.26. The van der Waals surface area contributed by atoms with Crippen molar-refractivity contribution in [2.24, 2.45) is 4.99 Å². The number of aliphatic imine (C=N–C) groups is 1. The number of nitrogens with one attached hydrogen (secondary N) is 1. The number of rotatable bonds is 6. The Kier molecular flexibility index (Phi) is 5.78. The molecule has 0 aromatic heterocycles. The molecule has 1 atom stereocenters. The molecule has 2 rings (SSSR count). The third kappa shape index (κ3) is 5.10. The highest BCUT2D eigenvalue weighted by Crippen LogP contribution is 2.25. The predicted molar refractivity (Wildman–Crippen MR) is 89.8 cm³/mol. The first kappa shape index (κ1) is 18.1. The zero-order chi connectivity index (χ0) is 18.4. The van der Waals surface area contributed by atoms with Crippen molar-refractivity contribution in [3.8, 4) is 11.5 Å². The third-order valence-corrected chi connectivity index (χ3v) is 3.59. The number of carboxylic acids is 2.